The van der Waals surface area contributed by atoms with Crippen molar-refractivity contribution in [3.8, 4) is 0 Å². The van der Waals surface area contributed by atoms with Crippen LogP contribution in [-0.2, 0) is 20.1 Å². The number of rotatable bonds is 3. The number of anilines is 1. The van der Waals surface area contributed by atoms with Crippen LogP contribution in [0.25, 0.3) is 0 Å². The van der Waals surface area contributed by atoms with Gasteiger partial charge in [-0.25, -0.2) is 15.0 Å². The molecule has 1 aliphatic heterocycles. The molecular weight excluding hydrogens is 350 g/mol. The zero-order chi connectivity index (χ0) is 18.1. The van der Waals surface area contributed by atoms with Crippen LogP contribution in [0.15, 0.2) is 30.0 Å². The van der Waals surface area contributed by atoms with Gasteiger partial charge in [-0.15, -0.1) is 16.4 Å². The zero-order valence-corrected chi connectivity index (χ0v) is 15.5. The predicted molar refractivity (Wildman–Crippen MR) is 97.9 cm³/mol. The van der Waals surface area contributed by atoms with Crippen molar-refractivity contribution >= 4 is 23.1 Å². The van der Waals surface area contributed by atoms with Crippen LogP contribution in [0, 0.1) is 6.92 Å². The van der Waals surface area contributed by atoms with Crippen molar-refractivity contribution in [2.24, 2.45) is 7.05 Å². The van der Waals surface area contributed by atoms with E-state index in [1.807, 2.05) is 19.1 Å². The fourth-order valence-corrected chi connectivity index (χ4v) is 3.66. The van der Waals surface area contributed by atoms with Gasteiger partial charge in [0.25, 0.3) is 5.91 Å². The normalized spacial score (nSPS) is 14.2. The van der Waals surface area contributed by atoms with Gasteiger partial charge in [-0.3, -0.25) is 9.48 Å². The summed E-state index contributed by atoms with van der Waals surface area (Å²) in [5, 5.41) is 7.26. The van der Waals surface area contributed by atoms with Crippen molar-refractivity contribution in [3.63, 3.8) is 0 Å². The highest BCUT2D eigenvalue weighted by Gasteiger charge is 2.26. The molecular formula is C17H19N7OS. The molecule has 0 N–H and O–H groups in total. The average Bonchev–Trinajstić information content (AvgIpc) is 3.20. The Labute approximate surface area is 155 Å². The van der Waals surface area contributed by atoms with Gasteiger partial charge in [0, 0.05) is 43.8 Å². The molecule has 4 rings (SSSR count). The lowest BCUT2D eigenvalue weighted by molar-refractivity contribution is 0.0739. The van der Waals surface area contributed by atoms with Crippen LogP contribution >= 0.6 is 11.3 Å². The Hall–Kier alpha value is -2.81. The highest BCUT2D eigenvalue weighted by atomic mass is 32.1. The van der Waals surface area contributed by atoms with Crippen LogP contribution in [0.2, 0.25) is 0 Å². The van der Waals surface area contributed by atoms with Gasteiger partial charge < -0.3 is 9.80 Å². The third-order valence-corrected chi connectivity index (χ3v) is 5.09. The Morgan fingerprint density at radius 2 is 2.19 bits per heavy atom. The molecule has 1 amide bonds. The maximum absolute atomic E-state index is 12.8. The van der Waals surface area contributed by atoms with Crippen LogP contribution in [0.4, 0.5) is 5.82 Å². The van der Waals surface area contributed by atoms with Crippen LogP contribution in [0.3, 0.4) is 0 Å². The lowest BCUT2D eigenvalue weighted by Gasteiger charge is -2.22. The summed E-state index contributed by atoms with van der Waals surface area (Å²) in [7, 11) is 1.75. The number of hydrogen-bond acceptors (Lipinski definition) is 7. The predicted octanol–water partition coefficient (Wildman–Crippen LogP) is 1.64. The van der Waals surface area contributed by atoms with Gasteiger partial charge in [0.15, 0.2) is 0 Å². The quantitative estimate of drug-likeness (QED) is 0.698. The summed E-state index contributed by atoms with van der Waals surface area (Å²) in [4.78, 5) is 30.0. The SMILES string of the molecule is Cc1nc(CN2CCN(C(=O)c3ncn(C)n3)Cc3cccnc32)cs1. The number of thiazole rings is 1. The molecule has 4 heterocycles. The lowest BCUT2D eigenvalue weighted by Crippen LogP contribution is -2.36. The minimum absolute atomic E-state index is 0.160. The highest BCUT2D eigenvalue weighted by molar-refractivity contribution is 7.09. The first-order chi connectivity index (χ1) is 12.6. The van der Waals surface area contributed by atoms with Crippen molar-refractivity contribution in [2.45, 2.75) is 20.0 Å². The highest BCUT2D eigenvalue weighted by Crippen LogP contribution is 2.25. The number of carbonyl (C=O) groups excluding carboxylic acids is 1. The number of amides is 1. The minimum atomic E-state index is -0.160. The summed E-state index contributed by atoms with van der Waals surface area (Å²) in [5.41, 5.74) is 2.04. The van der Waals surface area contributed by atoms with Gasteiger partial charge in [-0.1, -0.05) is 6.07 Å². The van der Waals surface area contributed by atoms with Crippen LogP contribution in [0.1, 0.15) is 26.9 Å². The van der Waals surface area contributed by atoms with E-state index in [4.69, 9.17) is 0 Å². The van der Waals surface area contributed by atoms with Crippen LogP contribution < -0.4 is 4.90 Å². The molecule has 3 aromatic rings. The van der Waals surface area contributed by atoms with Crippen molar-refractivity contribution in [1.82, 2.24) is 29.6 Å². The topological polar surface area (TPSA) is 80.0 Å². The van der Waals surface area contributed by atoms with E-state index in [0.717, 1.165) is 22.1 Å². The Morgan fingerprint density at radius 1 is 1.31 bits per heavy atom. The number of pyridine rings is 1. The van der Waals surface area contributed by atoms with E-state index < -0.39 is 0 Å². The second kappa shape index (κ2) is 6.83. The van der Waals surface area contributed by atoms with E-state index >= 15 is 0 Å². The molecule has 0 saturated heterocycles. The van der Waals surface area contributed by atoms with Gasteiger partial charge in [-0.05, 0) is 13.0 Å². The number of hydrogen-bond donors (Lipinski definition) is 0. The first kappa shape index (κ1) is 16.6. The molecule has 0 bridgehead atoms. The van der Waals surface area contributed by atoms with Gasteiger partial charge in [0.1, 0.15) is 12.1 Å². The summed E-state index contributed by atoms with van der Waals surface area (Å²) < 4.78 is 1.54. The van der Waals surface area contributed by atoms with E-state index in [0.29, 0.717) is 26.2 Å². The molecule has 0 atom stereocenters. The van der Waals surface area contributed by atoms with Crippen molar-refractivity contribution < 1.29 is 4.79 Å². The monoisotopic (exact) mass is 369 g/mol. The summed E-state index contributed by atoms with van der Waals surface area (Å²) >= 11 is 1.64. The Kier molecular flexibility index (Phi) is 4.37. The molecule has 0 radical (unpaired) electrons. The van der Waals surface area contributed by atoms with E-state index in [9.17, 15) is 4.79 Å². The smallest absolute Gasteiger partial charge is 0.293 e. The molecule has 26 heavy (non-hydrogen) atoms. The fourth-order valence-electron chi connectivity index (χ4n) is 3.05. The third-order valence-electron chi connectivity index (χ3n) is 4.27. The van der Waals surface area contributed by atoms with Crippen molar-refractivity contribution in [2.75, 3.05) is 18.0 Å². The number of nitrogens with zero attached hydrogens (tertiary/aromatic N) is 7. The largest absolute Gasteiger partial charge is 0.349 e. The van der Waals surface area contributed by atoms with Crippen molar-refractivity contribution in [3.05, 3.63) is 52.1 Å². The minimum Gasteiger partial charge on any atom is -0.349 e. The standard InChI is InChI=1S/C17H19N7OS/c1-12-20-14(10-26-12)9-23-6-7-24(8-13-4-3-5-18-16(13)23)17(25)15-19-11-22(2)21-15/h3-5,10-11H,6-9H2,1-2H3. The number of aryl methyl sites for hydroxylation is 2. The van der Waals surface area contributed by atoms with Gasteiger partial charge in [-0.2, -0.15) is 0 Å². The van der Waals surface area contributed by atoms with E-state index in [1.165, 1.54) is 11.0 Å². The average molecular weight is 369 g/mol. The third kappa shape index (κ3) is 3.30. The first-order valence-electron chi connectivity index (χ1n) is 8.35. The van der Waals surface area contributed by atoms with Gasteiger partial charge in [0.05, 0.1) is 17.2 Å². The Balaban J connectivity index is 1.60. The maximum atomic E-state index is 12.8. The summed E-state index contributed by atoms with van der Waals surface area (Å²) in [6, 6.07) is 3.91. The molecule has 0 aliphatic carbocycles. The summed E-state index contributed by atoms with van der Waals surface area (Å²) in [6.45, 7) is 4.43. The number of carbonyl (C=O) groups is 1. The molecule has 8 nitrogen and oxygen atoms in total. The molecule has 9 heteroatoms. The number of fused-ring (bicyclic) bond motifs is 1. The van der Waals surface area contributed by atoms with Crippen LogP contribution in [-0.4, -0.2) is 48.6 Å². The van der Waals surface area contributed by atoms with Crippen molar-refractivity contribution in [1.29, 1.82) is 0 Å². The molecule has 0 saturated carbocycles. The fraction of sp³-hybridized carbons (Fsp3) is 0.353. The Morgan fingerprint density at radius 3 is 2.92 bits per heavy atom. The number of aromatic nitrogens is 5. The lowest BCUT2D eigenvalue weighted by atomic mass is 10.2. The molecule has 0 aromatic carbocycles. The molecule has 3 aromatic heterocycles. The summed E-state index contributed by atoms with van der Waals surface area (Å²) in [6.07, 6.45) is 3.33. The molecule has 0 unspecified atom stereocenters. The molecule has 1 aliphatic rings. The summed E-state index contributed by atoms with van der Waals surface area (Å²) in [5.74, 6) is 0.968. The van der Waals surface area contributed by atoms with Gasteiger partial charge >= 0.3 is 0 Å². The second-order valence-corrected chi connectivity index (χ2v) is 7.30. The molecule has 134 valence electrons. The molecule has 0 spiro atoms. The second-order valence-electron chi connectivity index (χ2n) is 6.23. The van der Waals surface area contributed by atoms with Crippen LogP contribution in [0.5, 0.6) is 0 Å². The van der Waals surface area contributed by atoms with E-state index in [-0.39, 0.29) is 11.7 Å². The Bertz CT molecular complexity index is 935. The van der Waals surface area contributed by atoms with Gasteiger partial charge in [0.2, 0.25) is 5.82 Å². The maximum Gasteiger partial charge on any atom is 0.293 e. The first-order valence-corrected chi connectivity index (χ1v) is 9.23. The molecule has 0 fully saturated rings. The van der Waals surface area contributed by atoms with E-state index in [2.05, 4.69) is 30.3 Å². The van der Waals surface area contributed by atoms with E-state index in [1.54, 1.807) is 29.5 Å². The zero-order valence-electron chi connectivity index (χ0n) is 14.7.